The third-order valence-electron chi connectivity index (χ3n) is 8.68. The molecular formula is C25H36. The van der Waals surface area contributed by atoms with Crippen LogP contribution in [0.4, 0.5) is 0 Å². The highest BCUT2D eigenvalue weighted by molar-refractivity contribution is 5.42. The van der Waals surface area contributed by atoms with E-state index in [1.54, 1.807) is 5.57 Å². The molecule has 25 heavy (non-hydrogen) atoms. The summed E-state index contributed by atoms with van der Waals surface area (Å²) in [4.78, 5) is 0. The molecular weight excluding hydrogens is 300 g/mol. The van der Waals surface area contributed by atoms with Crippen molar-refractivity contribution in [2.75, 3.05) is 0 Å². The third-order valence-corrected chi connectivity index (χ3v) is 8.68. The van der Waals surface area contributed by atoms with Gasteiger partial charge in [-0.2, -0.15) is 0 Å². The molecule has 0 spiro atoms. The molecule has 0 aromatic carbocycles. The Labute approximate surface area is 155 Å². The summed E-state index contributed by atoms with van der Waals surface area (Å²) in [5, 5.41) is 0. The molecule has 5 atom stereocenters. The number of rotatable bonds is 3. The minimum absolute atomic E-state index is 0.344. The highest BCUT2D eigenvalue weighted by Crippen LogP contribution is 2.65. The highest BCUT2D eigenvalue weighted by atomic mass is 14.6. The van der Waals surface area contributed by atoms with Gasteiger partial charge in [0.15, 0.2) is 0 Å². The van der Waals surface area contributed by atoms with Crippen molar-refractivity contribution in [3.63, 3.8) is 0 Å². The van der Waals surface area contributed by atoms with Crippen molar-refractivity contribution < 1.29 is 0 Å². The van der Waals surface area contributed by atoms with Crippen molar-refractivity contribution in [3.05, 3.63) is 47.6 Å². The predicted octanol–water partition coefficient (Wildman–Crippen LogP) is 7.40. The lowest BCUT2D eigenvalue weighted by atomic mass is 9.51. The molecule has 0 bridgehead atoms. The van der Waals surface area contributed by atoms with E-state index in [9.17, 15) is 0 Å². The second kappa shape index (κ2) is 6.00. The van der Waals surface area contributed by atoms with Gasteiger partial charge in [0.25, 0.3) is 0 Å². The van der Waals surface area contributed by atoms with Crippen LogP contribution in [-0.4, -0.2) is 0 Å². The van der Waals surface area contributed by atoms with E-state index in [4.69, 9.17) is 0 Å². The Hall–Kier alpha value is -1.04. The molecule has 0 nitrogen and oxygen atoms in total. The van der Waals surface area contributed by atoms with Gasteiger partial charge in [0.05, 0.1) is 0 Å². The molecule has 0 heterocycles. The Morgan fingerprint density at radius 2 is 2.00 bits per heavy atom. The van der Waals surface area contributed by atoms with Gasteiger partial charge in [-0.05, 0) is 81.0 Å². The zero-order chi connectivity index (χ0) is 17.8. The van der Waals surface area contributed by atoms with Crippen molar-refractivity contribution in [2.24, 2.45) is 28.6 Å². The maximum absolute atomic E-state index is 4.33. The normalized spacial score (nSPS) is 42.8. The molecule has 0 aromatic heterocycles. The molecule has 0 heteroatoms. The molecule has 2 fully saturated rings. The maximum Gasteiger partial charge on any atom is 0.0101 e. The maximum atomic E-state index is 4.33. The van der Waals surface area contributed by atoms with E-state index in [0.717, 1.165) is 24.2 Å². The molecule has 2 saturated carbocycles. The van der Waals surface area contributed by atoms with Crippen LogP contribution in [0.15, 0.2) is 47.6 Å². The predicted molar refractivity (Wildman–Crippen MR) is 108 cm³/mol. The Morgan fingerprint density at radius 3 is 2.76 bits per heavy atom. The van der Waals surface area contributed by atoms with E-state index in [2.05, 4.69) is 46.1 Å². The summed E-state index contributed by atoms with van der Waals surface area (Å²) < 4.78 is 0. The Morgan fingerprint density at radius 1 is 1.20 bits per heavy atom. The van der Waals surface area contributed by atoms with Gasteiger partial charge in [0, 0.05) is 5.41 Å². The molecule has 0 aromatic rings. The lowest BCUT2D eigenvalue weighted by Crippen LogP contribution is -2.44. The number of hydrogen-bond acceptors (Lipinski definition) is 0. The van der Waals surface area contributed by atoms with Crippen LogP contribution in [0, 0.1) is 28.6 Å². The summed E-state index contributed by atoms with van der Waals surface area (Å²) in [7, 11) is 0. The number of fused-ring (bicyclic) bond motifs is 5. The first-order chi connectivity index (χ1) is 11.9. The third kappa shape index (κ3) is 2.54. The molecule has 4 unspecified atom stereocenters. The minimum atomic E-state index is 0.344. The Kier molecular flexibility index (Phi) is 4.17. The number of allylic oxidation sites excluding steroid dienone is 6. The first kappa shape index (κ1) is 17.4. The topological polar surface area (TPSA) is 0 Å². The van der Waals surface area contributed by atoms with Gasteiger partial charge in [0.2, 0.25) is 0 Å². The first-order valence-electron chi connectivity index (χ1n) is 10.6. The molecule has 0 saturated heterocycles. The van der Waals surface area contributed by atoms with E-state index in [1.807, 2.05) is 5.57 Å². The van der Waals surface area contributed by atoms with Crippen LogP contribution >= 0.6 is 0 Å². The SMILES string of the molecule is C=C1C=C2CCC3C(=CCC4(C)C3CC[C@@H]4CC(=C)CC)C2(C)CC1. The van der Waals surface area contributed by atoms with Crippen LogP contribution in [0.3, 0.4) is 0 Å². The molecule has 4 aliphatic carbocycles. The standard InChI is InChI=1S/C25H36/c1-6-17(2)15-20-8-10-22-21-9-7-19-16-18(3)11-13-24(19,4)23(21)12-14-25(20,22)5/h12,16,20-22H,2-3,6-11,13-15H2,1,4-5H3/t20-,21?,22?,24?,25?/m1/s1. The molecule has 0 N–H and O–H groups in total. The van der Waals surface area contributed by atoms with Crippen LogP contribution in [0.1, 0.15) is 78.6 Å². The second-order valence-corrected chi connectivity index (χ2v) is 9.86. The van der Waals surface area contributed by atoms with Gasteiger partial charge in [-0.1, -0.05) is 68.4 Å². The van der Waals surface area contributed by atoms with Crippen molar-refractivity contribution in [2.45, 2.75) is 78.6 Å². The van der Waals surface area contributed by atoms with Crippen molar-refractivity contribution in [1.82, 2.24) is 0 Å². The average molecular weight is 337 g/mol. The molecule has 4 aliphatic rings. The van der Waals surface area contributed by atoms with Gasteiger partial charge in [-0.3, -0.25) is 0 Å². The summed E-state index contributed by atoms with van der Waals surface area (Å²) in [6, 6.07) is 0. The monoisotopic (exact) mass is 336 g/mol. The lowest BCUT2D eigenvalue weighted by Gasteiger charge is -2.54. The summed E-state index contributed by atoms with van der Waals surface area (Å²) >= 11 is 0. The van der Waals surface area contributed by atoms with E-state index in [0.29, 0.717) is 10.8 Å². The summed E-state index contributed by atoms with van der Waals surface area (Å²) in [5.41, 5.74) is 7.18. The highest BCUT2D eigenvalue weighted by Gasteiger charge is 2.55. The lowest BCUT2D eigenvalue weighted by molar-refractivity contribution is 0.0848. The molecule has 0 amide bonds. The van der Waals surface area contributed by atoms with Gasteiger partial charge < -0.3 is 0 Å². The summed E-state index contributed by atoms with van der Waals surface area (Å²) in [5.74, 6) is 2.61. The zero-order valence-corrected chi connectivity index (χ0v) is 16.7. The van der Waals surface area contributed by atoms with Crippen molar-refractivity contribution in [3.8, 4) is 0 Å². The van der Waals surface area contributed by atoms with Gasteiger partial charge >= 0.3 is 0 Å². The minimum Gasteiger partial charge on any atom is -0.0999 e. The fourth-order valence-electron chi connectivity index (χ4n) is 6.88. The van der Waals surface area contributed by atoms with E-state index in [1.165, 1.54) is 62.5 Å². The zero-order valence-electron chi connectivity index (χ0n) is 16.7. The summed E-state index contributed by atoms with van der Waals surface area (Å²) in [6.07, 6.45) is 16.9. The van der Waals surface area contributed by atoms with Crippen LogP contribution in [-0.2, 0) is 0 Å². The molecule has 136 valence electrons. The molecule has 0 radical (unpaired) electrons. The average Bonchev–Trinajstić information content (AvgIpc) is 2.92. The number of hydrogen-bond donors (Lipinski definition) is 0. The molecule has 4 rings (SSSR count). The quantitative estimate of drug-likeness (QED) is 0.471. The van der Waals surface area contributed by atoms with Crippen LogP contribution in [0.25, 0.3) is 0 Å². The second-order valence-electron chi connectivity index (χ2n) is 9.86. The van der Waals surface area contributed by atoms with E-state index in [-0.39, 0.29) is 0 Å². The smallest absolute Gasteiger partial charge is 0.0101 e. The first-order valence-corrected chi connectivity index (χ1v) is 10.6. The van der Waals surface area contributed by atoms with Gasteiger partial charge in [-0.25, -0.2) is 0 Å². The van der Waals surface area contributed by atoms with Crippen LogP contribution < -0.4 is 0 Å². The van der Waals surface area contributed by atoms with Gasteiger partial charge in [0.1, 0.15) is 0 Å². The van der Waals surface area contributed by atoms with E-state index < -0.39 is 0 Å². The Balaban J connectivity index is 1.66. The largest absolute Gasteiger partial charge is 0.0999 e. The van der Waals surface area contributed by atoms with Crippen LogP contribution in [0.2, 0.25) is 0 Å². The van der Waals surface area contributed by atoms with Crippen molar-refractivity contribution >= 4 is 0 Å². The summed E-state index contributed by atoms with van der Waals surface area (Å²) in [6.45, 7) is 16.0. The van der Waals surface area contributed by atoms with Crippen molar-refractivity contribution in [1.29, 1.82) is 0 Å². The van der Waals surface area contributed by atoms with Crippen LogP contribution in [0.5, 0.6) is 0 Å². The molecule has 0 aliphatic heterocycles. The van der Waals surface area contributed by atoms with Gasteiger partial charge in [-0.15, -0.1) is 0 Å². The fourth-order valence-corrected chi connectivity index (χ4v) is 6.88. The fraction of sp³-hybridized carbons (Fsp3) is 0.680. The Bertz CT molecular complexity index is 660. The van der Waals surface area contributed by atoms with E-state index >= 15 is 0 Å².